The number of hydrogen-bond donors (Lipinski definition) is 1. The highest BCUT2D eigenvalue weighted by atomic mass is 32.1. The minimum atomic E-state index is 0.452. The van der Waals surface area contributed by atoms with E-state index in [-0.39, 0.29) is 0 Å². The molecule has 3 heterocycles. The number of piperidine rings is 1. The molecule has 1 N–H and O–H groups in total. The summed E-state index contributed by atoms with van der Waals surface area (Å²) in [4.78, 5) is 16.4. The number of anilines is 1. The highest BCUT2D eigenvalue weighted by molar-refractivity contribution is 7.18. The molecule has 1 fully saturated rings. The molecule has 32 heavy (non-hydrogen) atoms. The van der Waals surface area contributed by atoms with Gasteiger partial charge in [-0.25, -0.2) is 9.97 Å². The first-order chi connectivity index (χ1) is 15.4. The number of aromatic nitrogens is 2. The second kappa shape index (κ2) is 10.1. The molecule has 7 heteroatoms. The molecule has 0 saturated carbocycles. The molecule has 172 valence electrons. The van der Waals surface area contributed by atoms with Gasteiger partial charge in [-0.05, 0) is 71.5 Å². The fourth-order valence-electron chi connectivity index (χ4n) is 4.44. The Labute approximate surface area is 195 Å². The predicted molar refractivity (Wildman–Crippen MR) is 134 cm³/mol. The number of thiophene rings is 1. The summed E-state index contributed by atoms with van der Waals surface area (Å²) in [7, 11) is 4.20. The van der Waals surface area contributed by atoms with Crippen molar-refractivity contribution in [2.24, 2.45) is 0 Å². The van der Waals surface area contributed by atoms with E-state index < -0.39 is 0 Å². The molecule has 3 aromatic rings. The van der Waals surface area contributed by atoms with Crippen molar-refractivity contribution in [1.29, 1.82) is 0 Å². The number of benzene rings is 1. The zero-order valence-corrected chi connectivity index (χ0v) is 20.8. The molecule has 1 saturated heterocycles. The lowest BCUT2D eigenvalue weighted by atomic mass is 10.0. The molecule has 0 amide bonds. The van der Waals surface area contributed by atoms with Crippen LogP contribution >= 0.6 is 11.3 Å². The van der Waals surface area contributed by atoms with E-state index in [9.17, 15) is 0 Å². The Morgan fingerprint density at radius 1 is 1.16 bits per heavy atom. The highest BCUT2D eigenvalue weighted by Gasteiger charge is 2.21. The third kappa shape index (κ3) is 5.57. The lowest BCUT2D eigenvalue weighted by Gasteiger charge is -2.33. The normalized spacial score (nSPS) is 15.6. The van der Waals surface area contributed by atoms with Crippen LogP contribution in [0, 0.1) is 13.8 Å². The van der Waals surface area contributed by atoms with Crippen LogP contribution in [0.15, 0.2) is 24.3 Å². The van der Waals surface area contributed by atoms with E-state index in [0.717, 1.165) is 66.6 Å². The third-order valence-corrected chi connectivity index (χ3v) is 6.82. The third-order valence-electron chi connectivity index (χ3n) is 5.87. The monoisotopic (exact) mass is 453 g/mol. The molecule has 0 spiro atoms. The number of rotatable bonds is 8. The van der Waals surface area contributed by atoms with E-state index in [4.69, 9.17) is 9.72 Å². The van der Waals surface area contributed by atoms with Crippen LogP contribution in [0.5, 0.6) is 5.75 Å². The highest BCUT2D eigenvalue weighted by Crippen LogP contribution is 2.30. The maximum absolute atomic E-state index is 5.84. The molecule has 0 aliphatic carbocycles. The molecule has 0 radical (unpaired) electrons. The fourth-order valence-corrected chi connectivity index (χ4v) is 5.36. The Morgan fingerprint density at radius 2 is 1.94 bits per heavy atom. The van der Waals surface area contributed by atoms with Crippen LogP contribution in [-0.4, -0.2) is 59.6 Å². The van der Waals surface area contributed by atoms with Crippen LogP contribution in [0.4, 0.5) is 5.82 Å². The summed E-state index contributed by atoms with van der Waals surface area (Å²) in [6, 6.07) is 9.32. The standard InChI is InChI=1S/C25H35N5OS/c1-6-31-23-8-7-19(14-20(23)16-29(4)5)15-30-11-9-21(10-12-30)28-24-22-13-17(2)32-25(22)27-18(3)26-24/h7-8,13-14,21H,6,9-12,15-16H2,1-5H3,(H,26,27,28). The van der Waals surface area contributed by atoms with Gasteiger partial charge in [-0.2, -0.15) is 0 Å². The van der Waals surface area contributed by atoms with E-state index in [1.54, 1.807) is 11.3 Å². The maximum Gasteiger partial charge on any atom is 0.138 e. The number of nitrogens with zero attached hydrogens (tertiary/aromatic N) is 4. The summed E-state index contributed by atoms with van der Waals surface area (Å²) in [5.74, 6) is 2.83. The fraction of sp³-hybridized carbons (Fsp3) is 0.520. The van der Waals surface area contributed by atoms with Gasteiger partial charge in [0.2, 0.25) is 0 Å². The number of aryl methyl sites for hydroxylation is 2. The van der Waals surface area contributed by atoms with Crippen LogP contribution < -0.4 is 10.1 Å². The van der Waals surface area contributed by atoms with Crippen molar-refractivity contribution in [2.45, 2.75) is 52.7 Å². The minimum Gasteiger partial charge on any atom is -0.494 e. The van der Waals surface area contributed by atoms with Crippen molar-refractivity contribution in [1.82, 2.24) is 19.8 Å². The molecule has 1 aliphatic heterocycles. The predicted octanol–water partition coefficient (Wildman–Crippen LogP) is 4.84. The summed E-state index contributed by atoms with van der Waals surface area (Å²) < 4.78 is 5.84. The Kier molecular flexibility index (Phi) is 7.28. The molecule has 2 aromatic heterocycles. The number of nitrogens with one attached hydrogen (secondary N) is 1. The van der Waals surface area contributed by atoms with Crippen molar-refractivity contribution >= 4 is 27.4 Å². The van der Waals surface area contributed by atoms with E-state index in [2.05, 4.69) is 65.4 Å². The van der Waals surface area contributed by atoms with Gasteiger partial charge in [-0.15, -0.1) is 11.3 Å². The molecule has 1 aromatic carbocycles. The molecule has 1 aliphatic rings. The van der Waals surface area contributed by atoms with Crippen LogP contribution in [0.3, 0.4) is 0 Å². The first-order valence-corrected chi connectivity index (χ1v) is 12.4. The van der Waals surface area contributed by atoms with Crippen molar-refractivity contribution in [3.8, 4) is 5.75 Å². The molecule has 6 nitrogen and oxygen atoms in total. The van der Waals surface area contributed by atoms with Crippen LogP contribution in [0.25, 0.3) is 10.2 Å². The van der Waals surface area contributed by atoms with Crippen molar-refractivity contribution in [3.63, 3.8) is 0 Å². The summed E-state index contributed by atoms with van der Waals surface area (Å²) in [6.45, 7) is 10.9. The van der Waals surface area contributed by atoms with Crippen molar-refractivity contribution in [3.05, 3.63) is 46.1 Å². The Morgan fingerprint density at radius 3 is 2.66 bits per heavy atom. The number of hydrogen-bond acceptors (Lipinski definition) is 7. The van der Waals surface area contributed by atoms with E-state index in [1.165, 1.54) is 16.0 Å². The van der Waals surface area contributed by atoms with Gasteiger partial charge in [0.25, 0.3) is 0 Å². The number of likely N-dealkylation sites (tertiary alicyclic amines) is 1. The quantitative estimate of drug-likeness (QED) is 0.526. The lowest BCUT2D eigenvalue weighted by molar-refractivity contribution is 0.211. The maximum atomic E-state index is 5.84. The average Bonchev–Trinajstić information content (AvgIpc) is 3.11. The summed E-state index contributed by atoms with van der Waals surface area (Å²) in [5.41, 5.74) is 2.62. The van der Waals surface area contributed by atoms with Gasteiger partial charge in [-0.1, -0.05) is 6.07 Å². The van der Waals surface area contributed by atoms with Crippen LogP contribution in [0.1, 0.15) is 41.6 Å². The van der Waals surface area contributed by atoms with Gasteiger partial charge >= 0.3 is 0 Å². The number of fused-ring (bicyclic) bond motifs is 1. The first-order valence-electron chi connectivity index (χ1n) is 11.5. The smallest absolute Gasteiger partial charge is 0.138 e. The Balaban J connectivity index is 1.37. The second-order valence-electron chi connectivity index (χ2n) is 9.00. The average molecular weight is 454 g/mol. The van der Waals surface area contributed by atoms with E-state index >= 15 is 0 Å². The number of ether oxygens (including phenoxy) is 1. The molecule has 0 unspecified atom stereocenters. The Hall–Kier alpha value is -2.22. The topological polar surface area (TPSA) is 53.5 Å². The second-order valence-corrected chi connectivity index (χ2v) is 10.2. The van der Waals surface area contributed by atoms with Crippen LogP contribution in [-0.2, 0) is 13.1 Å². The summed E-state index contributed by atoms with van der Waals surface area (Å²) in [5, 5.41) is 4.88. The Bertz CT molecular complexity index is 1060. The van der Waals surface area contributed by atoms with Gasteiger partial charge in [0.05, 0.1) is 12.0 Å². The van der Waals surface area contributed by atoms with Gasteiger partial charge < -0.3 is 15.0 Å². The molecular formula is C25H35N5OS. The van der Waals surface area contributed by atoms with E-state index in [1.807, 2.05) is 13.8 Å². The largest absolute Gasteiger partial charge is 0.494 e. The lowest BCUT2D eigenvalue weighted by Crippen LogP contribution is -2.38. The molecule has 4 rings (SSSR count). The van der Waals surface area contributed by atoms with Gasteiger partial charge in [0.15, 0.2) is 0 Å². The van der Waals surface area contributed by atoms with E-state index in [0.29, 0.717) is 12.6 Å². The van der Waals surface area contributed by atoms with Crippen LogP contribution in [0.2, 0.25) is 0 Å². The van der Waals surface area contributed by atoms with Crippen molar-refractivity contribution in [2.75, 3.05) is 39.1 Å². The van der Waals surface area contributed by atoms with Gasteiger partial charge in [0, 0.05) is 42.7 Å². The SMILES string of the molecule is CCOc1ccc(CN2CCC(Nc3nc(C)nc4sc(C)cc34)CC2)cc1CN(C)C. The first kappa shape index (κ1) is 23.0. The summed E-state index contributed by atoms with van der Waals surface area (Å²) in [6.07, 6.45) is 2.24. The molecule has 0 bridgehead atoms. The van der Waals surface area contributed by atoms with Crippen molar-refractivity contribution < 1.29 is 4.74 Å². The molecule has 0 atom stereocenters. The minimum absolute atomic E-state index is 0.452. The zero-order chi connectivity index (χ0) is 22.7. The molecular weight excluding hydrogens is 418 g/mol. The summed E-state index contributed by atoms with van der Waals surface area (Å²) >= 11 is 1.74. The van der Waals surface area contributed by atoms with Gasteiger partial charge in [0.1, 0.15) is 22.2 Å². The zero-order valence-electron chi connectivity index (χ0n) is 19.9. The van der Waals surface area contributed by atoms with Gasteiger partial charge in [-0.3, -0.25) is 4.90 Å².